The minimum absolute atomic E-state index is 0.134. The Morgan fingerprint density at radius 1 is 1.11 bits per heavy atom. The van der Waals surface area contributed by atoms with Gasteiger partial charge in [-0.3, -0.25) is 0 Å². The number of aryl methyl sites for hydroxylation is 1. The molecule has 5 heteroatoms. The molecule has 2 rings (SSSR count). The van der Waals surface area contributed by atoms with Gasteiger partial charge in [0.25, 0.3) is 0 Å². The predicted molar refractivity (Wildman–Crippen MR) is 70.8 cm³/mol. The molecular weight excluding hydrogens is 250 g/mol. The third-order valence-electron chi connectivity index (χ3n) is 2.52. The van der Waals surface area contributed by atoms with Gasteiger partial charge in [-0.15, -0.1) is 0 Å². The Labute approximate surface area is 111 Å². The lowest BCUT2D eigenvalue weighted by Gasteiger charge is -2.04. The van der Waals surface area contributed by atoms with Crippen LogP contribution in [-0.2, 0) is 6.42 Å². The number of halogens is 1. The lowest BCUT2D eigenvalue weighted by molar-refractivity contribution is 0.379. The first-order valence-electron chi connectivity index (χ1n) is 5.78. The fraction of sp³-hybridized carbons (Fsp3) is 0.308. The summed E-state index contributed by atoms with van der Waals surface area (Å²) in [4.78, 5) is 12.1. The molecule has 1 aromatic heterocycles. The first kappa shape index (κ1) is 12.8. The van der Waals surface area contributed by atoms with Crippen molar-refractivity contribution >= 4 is 11.6 Å². The highest BCUT2D eigenvalue weighted by atomic mass is 35.5. The van der Waals surface area contributed by atoms with Crippen LogP contribution in [0, 0.1) is 0 Å². The monoisotopic (exact) mass is 263 g/mol. The van der Waals surface area contributed by atoms with Gasteiger partial charge in [0.15, 0.2) is 5.82 Å². The minimum atomic E-state index is 0.134. The average Bonchev–Trinajstić information content (AvgIpc) is 2.39. The third kappa shape index (κ3) is 2.96. The van der Waals surface area contributed by atoms with Crippen molar-refractivity contribution in [2.45, 2.75) is 19.8 Å². The number of nitrogens with zero attached hydrogens (tertiary/aromatic N) is 3. The number of benzene rings is 1. The van der Waals surface area contributed by atoms with E-state index in [9.17, 15) is 0 Å². The predicted octanol–water partition coefficient (Wildman–Crippen LogP) is 3.15. The molecule has 18 heavy (non-hydrogen) atoms. The van der Waals surface area contributed by atoms with Crippen molar-refractivity contribution in [2.24, 2.45) is 0 Å². The molecule has 0 aliphatic carbocycles. The zero-order valence-corrected chi connectivity index (χ0v) is 11.1. The quantitative estimate of drug-likeness (QED) is 0.850. The van der Waals surface area contributed by atoms with Crippen LogP contribution in [0.4, 0.5) is 0 Å². The van der Waals surface area contributed by atoms with Crippen LogP contribution in [0.5, 0.6) is 6.01 Å². The smallest absolute Gasteiger partial charge is 0.321 e. The molecule has 0 atom stereocenters. The summed E-state index contributed by atoms with van der Waals surface area (Å²) in [5.74, 6) is 0.523. The molecule has 0 radical (unpaired) electrons. The van der Waals surface area contributed by atoms with Crippen molar-refractivity contribution in [1.82, 2.24) is 15.0 Å². The van der Waals surface area contributed by atoms with Gasteiger partial charge in [-0.1, -0.05) is 37.6 Å². The van der Waals surface area contributed by atoms with Crippen molar-refractivity contribution in [3.05, 3.63) is 35.1 Å². The van der Waals surface area contributed by atoms with Crippen molar-refractivity contribution in [3.8, 4) is 17.4 Å². The van der Waals surface area contributed by atoms with Crippen LogP contribution in [0.25, 0.3) is 11.4 Å². The van der Waals surface area contributed by atoms with Crippen LogP contribution in [0.1, 0.15) is 18.9 Å². The molecule has 2 aromatic rings. The Morgan fingerprint density at radius 2 is 1.83 bits per heavy atom. The Balaban J connectivity index is 2.33. The van der Waals surface area contributed by atoms with Gasteiger partial charge < -0.3 is 4.74 Å². The van der Waals surface area contributed by atoms with E-state index in [0.717, 1.165) is 18.4 Å². The van der Waals surface area contributed by atoms with E-state index in [2.05, 4.69) is 34.0 Å². The highest BCUT2D eigenvalue weighted by Gasteiger charge is 2.07. The minimum Gasteiger partial charge on any atom is -0.467 e. The van der Waals surface area contributed by atoms with E-state index in [0.29, 0.717) is 5.82 Å². The average molecular weight is 264 g/mol. The lowest BCUT2D eigenvalue weighted by Crippen LogP contribution is -1.98. The second kappa shape index (κ2) is 5.78. The topological polar surface area (TPSA) is 47.9 Å². The maximum Gasteiger partial charge on any atom is 0.321 e. The first-order chi connectivity index (χ1) is 8.72. The summed E-state index contributed by atoms with van der Waals surface area (Å²) >= 11 is 5.82. The molecule has 0 fully saturated rings. The Kier molecular flexibility index (Phi) is 4.10. The molecule has 1 aromatic carbocycles. The van der Waals surface area contributed by atoms with E-state index >= 15 is 0 Å². The molecule has 94 valence electrons. The van der Waals surface area contributed by atoms with Crippen LogP contribution in [0.3, 0.4) is 0 Å². The van der Waals surface area contributed by atoms with Crippen molar-refractivity contribution < 1.29 is 4.74 Å². The summed E-state index contributed by atoms with van der Waals surface area (Å²) in [5, 5.41) is 0.134. The van der Waals surface area contributed by atoms with Crippen molar-refractivity contribution in [3.63, 3.8) is 0 Å². The molecular formula is C13H14ClN3O. The molecule has 4 nitrogen and oxygen atoms in total. The van der Waals surface area contributed by atoms with Gasteiger partial charge in [0.1, 0.15) is 0 Å². The number of hydrogen-bond donors (Lipinski definition) is 0. The van der Waals surface area contributed by atoms with Crippen LogP contribution >= 0.6 is 11.6 Å². The summed E-state index contributed by atoms with van der Waals surface area (Å²) < 4.78 is 4.97. The summed E-state index contributed by atoms with van der Waals surface area (Å²) in [5.41, 5.74) is 2.20. The SMILES string of the molecule is CCCc1ccc(-c2nc(Cl)nc(OC)n2)cc1. The molecule has 0 bridgehead atoms. The highest BCUT2D eigenvalue weighted by molar-refractivity contribution is 6.28. The zero-order chi connectivity index (χ0) is 13.0. The van der Waals surface area contributed by atoms with E-state index < -0.39 is 0 Å². The number of aromatic nitrogens is 3. The Hall–Kier alpha value is -1.68. The molecule has 0 N–H and O–H groups in total. The molecule has 0 amide bonds. The maximum absolute atomic E-state index is 5.82. The summed E-state index contributed by atoms with van der Waals surface area (Å²) in [6.07, 6.45) is 2.20. The van der Waals surface area contributed by atoms with E-state index in [1.807, 2.05) is 12.1 Å². The van der Waals surface area contributed by atoms with Gasteiger partial charge in [-0.2, -0.15) is 15.0 Å². The molecule has 0 saturated heterocycles. The molecule has 0 saturated carbocycles. The van der Waals surface area contributed by atoms with E-state index in [1.54, 1.807) is 0 Å². The zero-order valence-electron chi connectivity index (χ0n) is 10.4. The lowest BCUT2D eigenvalue weighted by atomic mass is 10.1. The number of hydrogen-bond acceptors (Lipinski definition) is 4. The molecule has 1 heterocycles. The van der Waals surface area contributed by atoms with E-state index in [1.165, 1.54) is 12.7 Å². The summed E-state index contributed by atoms with van der Waals surface area (Å²) in [6, 6.07) is 8.33. The van der Waals surface area contributed by atoms with Crippen LogP contribution in [0.15, 0.2) is 24.3 Å². The van der Waals surface area contributed by atoms with E-state index in [4.69, 9.17) is 16.3 Å². The van der Waals surface area contributed by atoms with Gasteiger partial charge in [-0.25, -0.2) is 0 Å². The maximum atomic E-state index is 5.82. The van der Waals surface area contributed by atoms with Gasteiger partial charge >= 0.3 is 6.01 Å². The van der Waals surface area contributed by atoms with Gasteiger partial charge in [0, 0.05) is 5.56 Å². The van der Waals surface area contributed by atoms with Crippen molar-refractivity contribution in [1.29, 1.82) is 0 Å². The fourth-order valence-electron chi connectivity index (χ4n) is 1.66. The fourth-order valence-corrected chi connectivity index (χ4v) is 1.81. The molecule has 0 aliphatic rings. The molecule has 0 aliphatic heterocycles. The third-order valence-corrected chi connectivity index (χ3v) is 2.69. The molecule has 0 unspecified atom stereocenters. The van der Waals surface area contributed by atoms with Gasteiger partial charge in [0.2, 0.25) is 5.28 Å². The number of rotatable bonds is 4. The second-order valence-electron chi connectivity index (χ2n) is 3.86. The van der Waals surface area contributed by atoms with E-state index in [-0.39, 0.29) is 11.3 Å². The van der Waals surface area contributed by atoms with Gasteiger partial charge in [-0.05, 0) is 23.6 Å². The normalized spacial score (nSPS) is 10.4. The first-order valence-corrected chi connectivity index (χ1v) is 6.15. The Morgan fingerprint density at radius 3 is 2.44 bits per heavy atom. The highest BCUT2D eigenvalue weighted by Crippen LogP contribution is 2.19. The standard InChI is InChI=1S/C13H14ClN3O/c1-3-4-9-5-7-10(8-6-9)11-15-12(14)17-13(16-11)18-2/h5-8H,3-4H2,1-2H3. The van der Waals surface area contributed by atoms with Crippen LogP contribution in [0.2, 0.25) is 5.28 Å². The number of methoxy groups -OCH3 is 1. The van der Waals surface area contributed by atoms with Crippen molar-refractivity contribution in [2.75, 3.05) is 7.11 Å². The second-order valence-corrected chi connectivity index (χ2v) is 4.20. The van der Waals surface area contributed by atoms with Crippen LogP contribution in [-0.4, -0.2) is 22.1 Å². The van der Waals surface area contributed by atoms with Crippen LogP contribution < -0.4 is 4.74 Å². The largest absolute Gasteiger partial charge is 0.467 e. The Bertz CT molecular complexity index is 528. The molecule has 0 spiro atoms. The number of ether oxygens (including phenoxy) is 1. The summed E-state index contributed by atoms with van der Waals surface area (Å²) in [7, 11) is 1.50. The van der Waals surface area contributed by atoms with Gasteiger partial charge in [0.05, 0.1) is 7.11 Å². The summed E-state index contributed by atoms with van der Waals surface area (Å²) in [6.45, 7) is 2.16.